The van der Waals surface area contributed by atoms with E-state index in [9.17, 15) is 4.79 Å². The molecule has 1 N–H and O–H groups in total. The maximum absolute atomic E-state index is 11.5. The van der Waals surface area contributed by atoms with Crippen LogP contribution in [0.4, 0.5) is 0 Å². The van der Waals surface area contributed by atoms with Crippen LogP contribution in [-0.2, 0) is 11.2 Å². The average Bonchev–Trinajstić information content (AvgIpc) is 2.61. The van der Waals surface area contributed by atoms with Crippen LogP contribution in [0.2, 0.25) is 0 Å². The molecule has 3 rings (SSSR count). The third kappa shape index (κ3) is 1.26. The molecule has 2 nitrogen and oxygen atoms in total. The lowest BCUT2D eigenvalue weighted by atomic mass is 9.77. The van der Waals surface area contributed by atoms with Gasteiger partial charge in [-0.05, 0) is 36.8 Å². The highest BCUT2D eigenvalue weighted by Gasteiger charge is 2.46. The number of thiophene rings is 1. The van der Waals surface area contributed by atoms with Gasteiger partial charge in [-0.3, -0.25) is 4.79 Å². The molecule has 1 aliphatic carbocycles. The molecule has 1 fully saturated rings. The fourth-order valence-electron chi connectivity index (χ4n) is 2.93. The van der Waals surface area contributed by atoms with Crippen molar-refractivity contribution in [3.05, 3.63) is 21.4 Å². The lowest BCUT2D eigenvalue weighted by Crippen LogP contribution is -2.42. The van der Waals surface area contributed by atoms with Crippen molar-refractivity contribution in [3.63, 3.8) is 0 Å². The molecule has 2 heterocycles. The predicted molar refractivity (Wildman–Crippen MR) is 61.0 cm³/mol. The average molecular weight is 221 g/mol. The molecule has 1 aromatic heterocycles. The Morgan fingerprint density at radius 3 is 3.20 bits per heavy atom. The lowest BCUT2D eigenvalue weighted by molar-refractivity contribution is -0.125. The van der Waals surface area contributed by atoms with Crippen molar-refractivity contribution in [2.24, 2.45) is 5.41 Å². The van der Waals surface area contributed by atoms with Crippen molar-refractivity contribution < 1.29 is 4.79 Å². The fraction of sp³-hybridized carbons (Fsp3) is 0.583. The molecule has 3 heteroatoms. The number of carbonyl (C=O) groups is 1. The number of rotatable bonds is 0. The number of piperidine rings is 1. The normalized spacial score (nSPS) is 33.5. The largest absolute Gasteiger partial charge is 0.348 e. The number of fused-ring (bicyclic) bond motifs is 3. The molecule has 1 saturated heterocycles. The number of hydrogen-bond acceptors (Lipinski definition) is 2. The number of carbonyl (C=O) groups excluding carboxylic acids is 1. The van der Waals surface area contributed by atoms with Gasteiger partial charge < -0.3 is 5.32 Å². The van der Waals surface area contributed by atoms with E-state index in [0.29, 0.717) is 6.42 Å². The first-order chi connectivity index (χ1) is 7.08. The zero-order valence-electron chi connectivity index (χ0n) is 9.09. The number of aryl methyl sites for hydroxylation is 1. The van der Waals surface area contributed by atoms with Crippen molar-refractivity contribution >= 4 is 17.2 Å². The van der Waals surface area contributed by atoms with Gasteiger partial charge in [0.05, 0.1) is 6.04 Å². The summed E-state index contributed by atoms with van der Waals surface area (Å²) in [6.07, 6.45) is 2.86. The van der Waals surface area contributed by atoms with Gasteiger partial charge in [-0.25, -0.2) is 0 Å². The first-order valence-electron chi connectivity index (χ1n) is 5.47. The summed E-state index contributed by atoms with van der Waals surface area (Å²) < 4.78 is 0. The lowest BCUT2D eigenvalue weighted by Gasteiger charge is -2.36. The fourth-order valence-corrected chi connectivity index (χ4v) is 4.20. The second-order valence-corrected chi connectivity index (χ2v) is 6.37. The topological polar surface area (TPSA) is 29.1 Å². The van der Waals surface area contributed by atoms with E-state index in [1.54, 1.807) is 0 Å². The molecule has 2 atom stereocenters. The summed E-state index contributed by atoms with van der Waals surface area (Å²) >= 11 is 1.85. The van der Waals surface area contributed by atoms with E-state index in [-0.39, 0.29) is 17.4 Å². The van der Waals surface area contributed by atoms with Crippen LogP contribution in [0.1, 0.15) is 41.1 Å². The van der Waals surface area contributed by atoms with E-state index in [0.717, 1.165) is 12.8 Å². The number of amides is 1. The molecule has 1 aromatic rings. The van der Waals surface area contributed by atoms with Gasteiger partial charge in [-0.15, -0.1) is 11.3 Å². The minimum absolute atomic E-state index is 0.219. The van der Waals surface area contributed by atoms with Gasteiger partial charge in [-0.2, -0.15) is 0 Å². The Balaban J connectivity index is 2.05. The summed E-state index contributed by atoms with van der Waals surface area (Å²) in [6.45, 7) is 4.45. The van der Waals surface area contributed by atoms with Gasteiger partial charge in [0.1, 0.15) is 0 Å². The Morgan fingerprint density at radius 1 is 1.60 bits per heavy atom. The minimum atomic E-state index is 0.219. The van der Waals surface area contributed by atoms with Crippen molar-refractivity contribution in [1.82, 2.24) is 5.32 Å². The summed E-state index contributed by atoms with van der Waals surface area (Å²) in [5.41, 5.74) is 1.75. The van der Waals surface area contributed by atoms with Crippen LogP contribution in [0.25, 0.3) is 0 Å². The van der Waals surface area contributed by atoms with Crippen LogP contribution in [-0.4, -0.2) is 5.91 Å². The SMILES string of the molecule is Cc1cc2c(s1)[C@H]1NC(=O)CC[C@@]1(C)C2. The molecule has 0 aromatic carbocycles. The first-order valence-corrected chi connectivity index (χ1v) is 6.29. The molecule has 1 amide bonds. The molecule has 0 unspecified atom stereocenters. The van der Waals surface area contributed by atoms with Crippen LogP contribution in [0, 0.1) is 12.3 Å². The highest BCUT2D eigenvalue weighted by molar-refractivity contribution is 7.12. The van der Waals surface area contributed by atoms with E-state index in [1.165, 1.54) is 15.3 Å². The monoisotopic (exact) mass is 221 g/mol. The molecule has 0 bridgehead atoms. The Kier molecular flexibility index (Phi) is 1.78. The van der Waals surface area contributed by atoms with Gasteiger partial charge in [-0.1, -0.05) is 6.92 Å². The Labute approximate surface area is 93.7 Å². The van der Waals surface area contributed by atoms with Gasteiger partial charge in [0.2, 0.25) is 5.91 Å². The molecule has 0 saturated carbocycles. The summed E-state index contributed by atoms with van der Waals surface area (Å²) in [5.74, 6) is 0.219. The zero-order chi connectivity index (χ0) is 10.6. The van der Waals surface area contributed by atoms with Crippen LogP contribution >= 0.6 is 11.3 Å². The molecule has 1 aliphatic heterocycles. The summed E-state index contributed by atoms with van der Waals surface area (Å²) in [7, 11) is 0. The minimum Gasteiger partial charge on any atom is -0.348 e. The van der Waals surface area contributed by atoms with E-state index < -0.39 is 0 Å². The predicted octanol–water partition coefficient (Wildman–Crippen LogP) is 2.57. The smallest absolute Gasteiger partial charge is 0.220 e. The van der Waals surface area contributed by atoms with Crippen LogP contribution in [0.15, 0.2) is 6.07 Å². The van der Waals surface area contributed by atoms with E-state index in [2.05, 4.69) is 25.2 Å². The number of hydrogen-bond donors (Lipinski definition) is 1. The van der Waals surface area contributed by atoms with Crippen molar-refractivity contribution in [2.75, 3.05) is 0 Å². The summed E-state index contributed by atoms with van der Waals surface area (Å²) in [5, 5.41) is 3.16. The van der Waals surface area contributed by atoms with Crippen LogP contribution in [0.3, 0.4) is 0 Å². The van der Waals surface area contributed by atoms with E-state index in [4.69, 9.17) is 0 Å². The maximum Gasteiger partial charge on any atom is 0.220 e. The summed E-state index contributed by atoms with van der Waals surface area (Å²) in [6, 6.07) is 2.57. The third-order valence-electron chi connectivity index (χ3n) is 3.75. The van der Waals surface area contributed by atoms with Gasteiger partial charge in [0, 0.05) is 16.2 Å². The molecular weight excluding hydrogens is 206 g/mol. The maximum atomic E-state index is 11.5. The van der Waals surface area contributed by atoms with Crippen molar-refractivity contribution in [1.29, 1.82) is 0 Å². The molecular formula is C12H15NOS. The highest BCUT2D eigenvalue weighted by atomic mass is 32.1. The van der Waals surface area contributed by atoms with Crippen LogP contribution in [0.5, 0.6) is 0 Å². The van der Waals surface area contributed by atoms with Crippen molar-refractivity contribution in [3.8, 4) is 0 Å². The molecule has 2 aliphatic rings. The quantitative estimate of drug-likeness (QED) is 0.716. The van der Waals surface area contributed by atoms with Gasteiger partial charge >= 0.3 is 0 Å². The van der Waals surface area contributed by atoms with E-state index in [1.807, 2.05) is 11.3 Å². The third-order valence-corrected chi connectivity index (χ3v) is 4.90. The van der Waals surface area contributed by atoms with E-state index >= 15 is 0 Å². The van der Waals surface area contributed by atoms with Gasteiger partial charge in [0.25, 0.3) is 0 Å². The standard InChI is InChI=1S/C12H15NOS/c1-7-5-8-6-12(2)4-3-9(14)13-11(12)10(8)15-7/h5,11H,3-4,6H2,1-2H3,(H,13,14)/t11-,12+/m1/s1. The summed E-state index contributed by atoms with van der Waals surface area (Å²) in [4.78, 5) is 14.2. The molecule has 80 valence electrons. The molecule has 15 heavy (non-hydrogen) atoms. The number of nitrogens with one attached hydrogen (secondary N) is 1. The Bertz CT molecular complexity index is 437. The first kappa shape index (κ1) is 9.40. The van der Waals surface area contributed by atoms with Crippen LogP contribution < -0.4 is 5.32 Å². The Hall–Kier alpha value is -0.830. The molecule has 0 radical (unpaired) electrons. The van der Waals surface area contributed by atoms with Gasteiger partial charge in [0.15, 0.2) is 0 Å². The zero-order valence-corrected chi connectivity index (χ0v) is 9.91. The highest BCUT2D eigenvalue weighted by Crippen LogP contribution is 2.52. The Morgan fingerprint density at radius 2 is 2.40 bits per heavy atom. The molecule has 0 spiro atoms. The second-order valence-electron chi connectivity index (χ2n) is 5.08. The second kappa shape index (κ2) is 2.85. The van der Waals surface area contributed by atoms with Crippen molar-refractivity contribution in [2.45, 2.75) is 39.2 Å².